The Labute approximate surface area is 143 Å². The summed E-state index contributed by atoms with van der Waals surface area (Å²) in [7, 11) is 0.745. The SMILES string of the molecule is CNC(=O)C1(COC)CCCN1S(=O)(=O)c1ccc(COC)cc1. The second-order valence-electron chi connectivity index (χ2n) is 5.80. The van der Waals surface area contributed by atoms with Crippen LogP contribution in [0.1, 0.15) is 18.4 Å². The van der Waals surface area contributed by atoms with Gasteiger partial charge in [0.2, 0.25) is 15.9 Å². The van der Waals surface area contributed by atoms with Gasteiger partial charge in [0.25, 0.3) is 0 Å². The minimum Gasteiger partial charge on any atom is -0.382 e. The highest BCUT2D eigenvalue weighted by Crippen LogP contribution is 2.35. The third-order valence-corrected chi connectivity index (χ3v) is 6.26. The topological polar surface area (TPSA) is 84.9 Å². The lowest BCUT2D eigenvalue weighted by Gasteiger charge is -2.35. The summed E-state index contributed by atoms with van der Waals surface area (Å²) in [5, 5.41) is 2.57. The van der Waals surface area contributed by atoms with Gasteiger partial charge in [-0.1, -0.05) is 12.1 Å². The van der Waals surface area contributed by atoms with Crippen LogP contribution < -0.4 is 5.32 Å². The molecule has 1 aliphatic rings. The number of hydrogen-bond donors (Lipinski definition) is 1. The van der Waals surface area contributed by atoms with Gasteiger partial charge >= 0.3 is 0 Å². The summed E-state index contributed by atoms with van der Waals surface area (Å²) < 4.78 is 37.6. The standard InChI is InChI=1S/C16H24N2O5S/c1-17-15(19)16(12-23-3)9-4-10-18(16)24(20,21)14-7-5-13(6-8-14)11-22-2/h5-8H,4,9-12H2,1-3H3,(H,17,19). The maximum absolute atomic E-state index is 13.1. The largest absolute Gasteiger partial charge is 0.382 e. The van der Waals surface area contributed by atoms with Gasteiger partial charge in [0.1, 0.15) is 5.54 Å². The molecule has 1 heterocycles. The second kappa shape index (κ2) is 7.60. The van der Waals surface area contributed by atoms with Crippen molar-refractivity contribution in [2.45, 2.75) is 29.9 Å². The molecule has 24 heavy (non-hydrogen) atoms. The molecule has 0 spiro atoms. The number of rotatable bonds is 7. The van der Waals surface area contributed by atoms with Gasteiger partial charge in [0.15, 0.2) is 0 Å². The maximum Gasteiger partial charge on any atom is 0.244 e. The normalized spacial score (nSPS) is 21.8. The Balaban J connectivity index is 2.40. The van der Waals surface area contributed by atoms with Crippen LogP contribution in [-0.2, 0) is 30.9 Å². The van der Waals surface area contributed by atoms with E-state index in [2.05, 4.69) is 5.32 Å². The molecule has 0 aliphatic carbocycles. The van der Waals surface area contributed by atoms with Crippen molar-refractivity contribution in [3.05, 3.63) is 29.8 Å². The molecule has 0 aromatic heterocycles. The van der Waals surface area contributed by atoms with Crippen molar-refractivity contribution in [1.82, 2.24) is 9.62 Å². The highest BCUT2D eigenvalue weighted by Gasteiger charge is 2.52. The first-order chi connectivity index (χ1) is 11.4. The Hall–Kier alpha value is -1.48. The zero-order valence-corrected chi connectivity index (χ0v) is 15.1. The number of benzene rings is 1. The fraction of sp³-hybridized carbons (Fsp3) is 0.562. The monoisotopic (exact) mass is 356 g/mol. The van der Waals surface area contributed by atoms with E-state index in [-0.39, 0.29) is 17.4 Å². The lowest BCUT2D eigenvalue weighted by atomic mass is 9.97. The Bertz CT molecular complexity index is 674. The summed E-state index contributed by atoms with van der Waals surface area (Å²) >= 11 is 0. The summed E-state index contributed by atoms with van der Waals surface area (Å²) in [4.78, 5) is 12.6. The molecule has 134 valence electrons. The Kier molecular flexibility index (Phi) is 5.97. The van der Waals surface area contributed by atoms with Crippen LogP contribution in [0.25, 0.3) is 0 Å². The molecule has 0 radical (unpaired) electrons. The lowest BCUT2D eigenvalue weighted by molar-refractivity contribution is -0.131. The number of ether oxygens (including phenoxy) is 2. The molecular weight excluding hydrogens is 332 g/mol. The average Bonchev–Trinajstić information content (AvgIpc) is 3.01. The van der Waals surface area contributed by atoms with Gasteiger partial charge in [-0.3, -0.25) is 4.79 Å². The molecular formula is C16H24N2O5S. The predicted octanol–water partition coefficient (Wildman–Crippen LogP) is 0.749. The van der Waals surface area contributed by atoms with E-state index in [9.17, 15) is 13.2 Å². The van der Waals surface area contributed by atoms with Crippen LogP contribution in [0.5, 0.6) is 0 Å². The molecule has 1 atom stereocenters. The predicted molar refractivity (Wildman–Crippen MR) is 89.0 cm³/mol. The van der Waals surface area contributed by atoms with Crippen molar-refractivity contribution in [2.75, 3.05) is 34.4 Å². The molecule has 1 aromatic carbocycles. The minimum atomic E-state index is -3.80. The van der Waals surface area contributed by atoms with E-state index in [1.54, 1.807) is 31.4 Å². The molecule has 0 bridgehead atoms. The van der Waals surface area contributed by atoms with Gasteiger partial charge in [0.05, 0.1) is 18.1 Å². The van der Waals surface area contributed by atoms with E-state index in [0.29, 0.717) is 26.0 Å². The van der Waals surface area contributed by atoms with Crippen LogP contribution in [0.3, 0.4) is 0 Å². The first-order valence-corrected chi connectivity index (χ1v) is 9.18. The van der Waals surface area contributed by atoms with Crippen molar-refractivity contribution < 1.29 is 22.7 Å². The number of hydrogen-bond acceptors (Lipinski definition) is 5. The van der Waals surface area contributed by atoms with E-state index < -0.39 is 15.6 Å². The van der Waals surface area contributed by atoms with Gasteiger partial charge in [-0.25, -0.2) is 8.42 Å². The van der Waals surface area contributed by atoms with E-state index in [1.807, 2.05) is 0 Å². The number of carbonyl (C=O) groups excluding carboxylic acids is 1. The fourth-order valence-corrected chi connectivity index (χ4v) is 4.95. The molecule has 8 heteroatoms. The van der Waals surface area contributed by atoms with E-state index in [1.165, 1.54) is 18.5 Å². The zero-order valence-electron chi connectivity index (χ0n) is 14.2. The van der Waals surface area contributed by atoms with E-state index in [4.69, 9.17) is 9.47 Å². The van der Waals surface area contributed by atoms with Crippen molar-refractivity contribution >= 4 is 15.9 Å². The highest BCUT2D eigenvalue weighted by atomic mass is 32.2. The Morgan fingerprint density at radius 1 is 1.25 bits per heavy atom. The third-order valence-electron chi connectivity index (χ3n) is 4.28. The molecule has 1 aliphatic heterocycles. The third kappa shape index (κ3) is 3.32. The zero-order chi connectivity index (χ0) is 17.8. The Morgan fingerprint density at radius 3 is 2.46 bits per heavy atom. The molecule has 1 amide bonds. The molecule has 7 nitrogen and oxygen atoms in total. The van der Waals surface area contributed by atoms with Crippen LogP contribution >= 0.6 is 0 Å². The minimum absolute atomic E-state index is 0.0215. The van der Waals surface area contributed by atoms with E-state index >= 15 is 0 Å². The van der Waals surface area contributed by atoms with Crippen molar-refractivity contribution in [3.63, 3.8) is 0 Å². The molecule has 1 fully saturated rings. The number of amides is 1. The quantitative estimate of drug-likeness (QED) is 0.779. The number of likely N-dealkylation sites (N-methyl/N-ethyl adjacent to an activating group) is 1. The van der Waals surface area contributed by atoms with Crippen LogP contribution in [0.15, 0.2) is 29.2 Å². The van der Waals surface area contributed by atoms with Gasteiger partial charge in [-0.05, 0) is 30.5 Å². The number of sulfonamides is 1. The molecule has 1 unspecified atom stereocenters. The van der Waals surface area contributed by atoms with Crippen LogP contribution in [0.4, 0.5) is 0 Å². The van der Waals surface area contributed by atoms with Gasteiger partial charge in [0, 0.05) is 27.8 Å². The van der Waals surface area contributed by atoms with Crippen molar-refractivity contribution in [1.29, 1.82) is 0 Å². The first kappa shape index (κ1) is 18.9. The highest BCUT2D eigenvalue weighted by molar-refractivity contribution is 7.89. The smallest absolute Gasteiger partial charge is 0.244 e. The van der Waals surface area contributed by atoms with Gasteiger partial charge in [-0.15, -0.1) is 0 Å². The summed E-state index contributed by atoms with van der Waals surface area (Å²) in [6, 6.07) is 6.52. The average molecular weight is 356 g/mol. The number of carbonyl (C=O) groups is 1. The molecule has 1 aromatic rings. The summed E-state index contributed by atoms with van der Waals surface area (Å²) in [6.07, 6.45) is 1.04. The molecule has 1 saturated heterocycles. The summed E-state index contributed by atoms with van der Waals surface area (Å²) in [5.41, 5.74) is -0.319. The first-order valence-electron chi connectivity index (χ1n) is 7.74. The van der Waals surface area contributed by atoms with E-state index in [0.717, 1.165) is 5.56 Å². The second-order valence-corrected chi connectivity index (χ2v) is 7.66. The number of methoxy groups -OCH3 is 2. The van der Waals surface area contributed by atoms with Gasteiger partial charge < -0.3 is 14.8 Å². The molecule has 0 saturated carbocycles. The lowest BCUT2D eigenvalue weighted by Crippen LogP contribution is -2.59. The summed E-state index contributed by atoms with van der Waals surface area (Å²) in [5.74, 6) is -0.346. The van der Waals surface area contributed by atoms with Crippen molar-refractivity contribution in [3.8, 4) is 0 Å². The Morgan fingerprint density at radius 2 is 1.92 bits per heavy atom. The molecule has 2 rings (SSSR count). The number of nitrogens with zero attached hydrogens (tertiary/aromatic N) is 1. The number of nitrogens with one attached hydrogen (secondary N) is 1. The van der Waals surface area contributed by atoms with Crippen LogP contribution in [-0.4, -0.2) is 58.6 Å². The fourth-order valence-electron chi connectivity index (χ4n) is 3.16. The van der Waals surface area contributed by atoms with Crippen LogP contribution in [0.2, 0.25) is 0 Å². The molecule has 1 N–H and O–H groups in total. The van der Waals surface area contributed by atoms with Crippen LogP contribution in [0, 0.1) is 0 Å². The van der Waals surface area contributed by atoms with Crippen molar-refractivity contribution in [2.24, 2.45) is 0 Å². The summed E-state index contributed by atoms with van der Waals surface area (Å²) in [6.45, 7) is 0.725. The maximum atomic E-state index is 13.1. The van der Waals surface area contributed by atoms with Gasteiger partial charge in [-0.2, -0.15) is 4.31 Å².